The van der Waals surface area contributed by atoms with Gasteiger partial charge < -0.3 is 5.32 Å². The van der Waals surface area contributed by atoms with E-state index in [2.05, 4.69) is 10.7 Å². The lowest BCUT2D eigenvalue weighted by atomic mass is 10.1. The van der Waals surface area contributed by atoms with E-state index in [-0.39, 0.29) is 11.8 Å². The van der Waals surface area contributed by atoms with E-state index in [9.17, 15) is 9.59 Å². The summed E-state index contributed by atoms with van der Waals surface area (Å²) in [5, 5.41) is 4.30. The second-order valence-electron chi connectivity index (χ2n) is 4.35. The van der Waals surface area contributed by atoms with Crippen molar-refractivity contribution in [2.75, 3.05) is 0 Å². The topological polar surface area (TPSA) is 61.4 Å². The lowest BCUT2D eigenvalue weighted by Gasteiger charge is -2.17. The van der Waals surface area contributed by atoms with Crippen LogP contribution < -0.4 is 10.7 Å². The van der Waals surface area contributed by atoms with Gasteiger partial charge >= 0.3 is 0 Å². The molecule has 3 rings (SSSR count). The van der Waals surface area contributed by atoms with Crippen LogP contribution in [0.2, 0.25) is 0 Å². The lowest BCUT2D eigenvalue weighted by molar-refractivity contribution is 0.0611. The van der Waals surface area contributed by atoms with Crippen molar-refractivity contribution in [3.63, 3.8) is 0 Å². The number of benzene rings is 1. The van der Waals surface area contributed by atoms with Crippen LogP contribution in [0.15, 0.2) is 24.3 Å². The van der Waals surface area contributed by atoms with Gasteiger partial charge in [-0.15, -0.1) is 0 Å². The fourth-order valence-electron chi connectivity index (χ4n) is 1.84. The molecule has 1 saturated carbocycles. The molecule has 1 aromatic carbocycles. The number of hydrogen-bond donors (Lipinski definition) is 2. The summed E-state index contributed by atoms with van der Waals surface area (Å²) in [6, 6.07) is 7.10. The standard InChI is InChI=1S/C12H11N3O2S/c16-10-8-3-1-2-4-9(8)11(17)15(10)14-12(18)13-7-5-6-7/h1-4,7H,5-6H2,(H2,13,14,18). The number of imide groups is 1. The number of hydrogen-bond acceptors (Lipinski definition) is 3. The molecule has 1 heterocycles. The molecule has 1 aliphatic carbocycles. The summed E-state index contributed by atoms with van der Waals surface area (Å²) in [5.41, 5.74) is 3.46. The number of fused-ring (bicyclic) bond motifs is 1. The Balaban J connectivity index is 1.76. The first kappa shape index (κ1) is 11.2. The molecule has 1 fully saturated rings. The molecule has 6 heteroatoms. The first-order valence-corrected chi connectivity index (χ1v) is 6.12. The van der Waals surface area contributed by atoms with E-state index in [4.69, 9.17) is 12.2 Å². The molecule has 1 aromatic rings. The Kier molecular flexibility index (Phi) is 2.52. The molecule has 0 spiro atoms. The van der Waals surface area contributed by atoms with Gasteiger partial charge in [-0.2, -0.15) is 5.01 Å². The molecular weight excluding hydrogens is 250 g/mol. The molecule has 0 bridgehead atoms. The van der Waals surface area contributed by atoms with Crippen molar-refractivity contribution in [1.82, 2.24) is 15.8 Å². The minimum atomic E-state index is -0.365. The first-order valence-electron chi connectivity index (χ1n) is 5.72. The predicted octanol–water partition coefficient (Wildman–Crippen LogP) is 0.824. The Labute approximate surface area is 109 Å². The molecule has 2 amide bonds. The molecule has 18 heavy (non-hydrogen) atoms. The summed E-state index contributed by atoms with van der Waals surface area (Å²) in [6.07, 6.45) is 2.15. The third-order valence-electron chi connectivity index (χ3n) is 2.92. The Morgan fingerprint density at radius 3 is 2.22 bits per heavy atom. The van der Waals surface area contributed by atoms with Crippen molar-refractivity contribution in [3.05, 3.63) is 35.4 Å². The van der Waals surface area contributed by atoms with Gasteiger partial charge in [0.25, 0.3) is 11.8 Å². The van der Waals surface area contributed by atoms with Crippen LogP contribution in [-0.4, -0.2) is 28.0 Å². The molecule has 2 N–H and O–H groups in total. The molecule has 5 nitrogen and oxygen atoms in total. The van der Waals surface area contributed by atoms with Crippen LogP contribution in [0.3, 0.4) is 0 Å². The summed E-state index contributed by atoms with van der Waals surface area (Å²) in [4.78, 5) is 24.0. The maximum atomic E-state index is 12.0. The first-order chi connectivity index (χ1) is 8.66. The Morgan fingerprint density at radius 1 is 1.17 bits per heavy atom. The van der Waals surface area contributed by atoms with E-state index < -0.39 is 0 Å². The van der Waals surface area contributed by atoms with E-state index in [1.54, 1.807) is 24.3 Å². The van der Waals surface area contributed by atoms with Crippen LogP contribution in [0.25, 0.3) is 0 Å². The molecular formula is C12H11N3O2S. The fourth-order valence-corrected chi connectivity index (χ4v) is 2.10. The number of amides is 2. The van der Waals surface area contributed by atoms with Crippen molar-refractivity contribution in [2.45, 2.75) is 18.9 Å². The zero-order chi connectivity index (χ0) is 12.7. The Morgan fingerprint density at radius 2 is 1.72 bits per heavy atom. The molecule has 0 unspecified atom stereocenters. The van der Waals surface area contributed by atoms with Crippen LogP contribution in [-0.2, 0) is 0 Å². The third-order valence-corrected chi connectivity index (χ3v) is 3.13. The van der Waals surface area contributed by atoms with Gasteiger partial charge in [0, 0.05) is 6.04 Å². The van der Waals surface area contributed by atoms with Crippen molar-refractivity contribution < 1.29 is 9.59 Å². The maximum absolute atomic E-state index is 12.0. The number of nitrogens with one attached hydrogen (secondary N) is 2. The quantitative estimate of drug-likeness (QED) is 0.610. The van der Waals surface area contributed by atoms with E-state index in [0.29, 0.717) is 22.3 Å². The lowest BCUT2D eigenvalue weighted by Crippen LogP contribution is -2.50. The molecule has 2 aliphatic rings. The largest absolute Gasteiger partial charge is 0.359 e. The zero-order valence-corrected chi connectivity index (χ0v) is 10.3. The van der Waals surface area contributed by atoms with Crippen molar-refractivity contribution in [1.29, 1.82) is 0 Å². The van der Waals surface area contributed by atoms with Gasteiger partial charge in [0.15, 0.2) is 5.11 Å². The maximum Gasteiger partial charge on any atom is 0.280 e. The van der Waals surface area contributed by atoms with Crippen molar-refractivity contribution in [2.24, 2.45) is 0 Å². The van der Waals surface area contributed by atoms with E-state index in [0.717, 1.165) is 17.9 Å². The molecule has 92 valence electrons. The van der Waals surface area contributed by atoms with Gasteiger partial charge in [-0.3, -0.25) is 15.0 Å². The number of rotatable bonds is 2. The second kappa shape index (κ2) is 4.06. The molecule has 1 aliphatic heterocycles. The number of hydrazine groups is 1. The summed E-state index contributed by atoms with van der Waals surface area (Å²) in [7, 11) is 0. The number of carbonyl (C=O) groups is 2. The average molecular weight is 261 g/mol. The second-order valence-corrected chi connectivity index (χ2v) is 4.76. The number of thiocarbonyl (C=S) groups is 1. The SMILES string of the molecule is O=C1c2ccccc2C(=O)N1NC(=S)NC1CC1. The summed E-state index contributed by atoms with van der Waals surface area (Å²) >= 11 is 5.06. The van der Waals surface area contributed by atoms with Crippen LogP contribution in [0.4, 0.5) is 0 Å². The highest BCUT2D eigenvalue weighted by Gasteiger charge is 2.36. The van der Waals surface area contributed by atoms with Gasteiger partial charge in [-0.25, -0.2) is 0 Å². The van der Waals surface area contributed by atoms with Gasteiger partial charge in [-0.05, 0) is 37.2 Å². The highest BCUT2D eigenvalue weighted by molar-refractivity contribution is 7.80. The van der Waals surface area contributed by atoms with E-state index in [1.807, 2.05) is 0 Å². The average Bonchev–Trinajstić information content (AvgIpc) is 3.14. The minimum Gasteiger partial charge on any atom is -0.359 e. The summed E-state index contributed by atoms with van der Waals surface area (Å²) in [6.45, 7) is 0. The Hall–Kier alpha value is -1.95. The molecule has 0 atom stereocenters. The van der Waals surface area contributed by atoms with E-state index >= 15 is 0 Å². The van der Waals surface area contributed by atoms with Crippen LogP contribution in [0, 0.1) is 0 Å². The highest BCUT2D eigenvalue weighted by atomic mass is 32.1. The fraction of sp³-hybridized carbons (Fsp3) is 0.250. The molecule has 0 saturated heterocycles. The Bertz CT molecular complexity index is 519. The van der Waals surface area contributed by atoms with Gasteiger partial charge in [0.05, 0.1) is 11.1 Å². The van der Waals surface area contributed by atoms with Crippen LogP contribution >= 0.6 is 12.2 Å². The third kappa shape index (κ3) is 1.84. The summed E-state index contributed by atoms with van der Waals surface area (Å²) < 4.78 is 0. The van der Waals surface area contributed by atoms with Gasteiger partial charge in [0.1, 0.15) is 0 Å². The van der Waals surface area contributed by atoms with Gasteiger partial charge in [-0.1, -0.05) is 12.1 Å². The summed E-state index contributed by atoms with van der Waals surface area (Å²) in [5.74, 6) is -0.730. The van der Waals surface area contributed by atoms with Crippen LogP contribution in [0.1, 0.15) is 33.6 Å². The number of carbonyl (C=O) groups excluding carboxylic acids is 2. The van der Waals surface area contributed by atoms with E-state index in [1.165, 1.54) is 0 Å². The normalized spacial score (nSPS) is 17.7. The van der Waals surface area contributed by atoms with Gasteiger partial charge in [0.2, 0.25) is 0 Å². The van der Waals surface area contributed by atoms with Crippen molar-refractivity contribution in [3.8, 4) is 0 Å². The molecule has 0 aromatic heterocycles. The smallest absolute Gasteiger partial charge is 0.280 e. The predicted molar refractivity (Wildman–Crippen MR) is 68.8 cm³/mol. The monoisotopic (exact) mass is 261 g/mol. The zero-order valence-electron chi connectivity index (χ0n) is 9.47. The minimum absolute atomic E-state index is 0.312. The van der Waals surface area contributed by atoms with Crippen molar-refractivity contribution >= 4 is 29.1 Å². The number of nitrogens with zero attached hydrogens (tertiary/aromatic N) is 1. The van der Waals surface area contributed by atoms with Crippen LogP contribution in [0.5, 0.6) is 0 Å². The molecule has 0 radical (unpaired) electrons. The highest BCUT2D eigenvalue weighted by Crippen LogP contribution is 2.21.